The quantitative estimate of drug-likeness (QED) is 0.770. The molecular formula is C16H24BrN3. The van der Waals surface area contributed by atoms with Gasteiger partial charge in [0.1, 0.15) is 0 Å². The molecule has 0 aliphatic carbocycles. The summed E-state index contributed by atoms with van der Waals surface area (Å²) in [4.78, 5) is 2.45. The molecule has 0 aromatic heterocycles. The van der Waals surface area contributed by atoms with Gasteiger partial charge in [0.15, 0.2) is 0 Å². The van der Waals surface area contributed by atoms with E-state index in [9.17, 15) is 0 Å². The van der Waals surface area contributed by atoms with Crippen molar-refractivity contribution in [1.82, 2.24) is 4.90 Å². The molecule has 0 heterocycles. The molecule has 1 rings (SSSR count). The van der Waals surface area contributed by atoms with E-state index in [-0.39, 0.29) is 0 Å². The van der Waals surface area contributed by atoms with Crippen LogP contribution in [0.25, 0.3) is 0 Å². The van der Waals surface area contributed by atoms with Crippen molar-refractivity contribution in [2.75, 3.05) is 25.0 Å². The van der Waals surface area contributed by atoms with Crippen molar-refractivity contribution in [1.29, 1.82) is 5.26 Å². The lowest BCUT2D eigenvalue weighted by Crippen LogP contribution is -2.25. The van der Waals surface area contributed by atoms with Crippen molar-refractivity contribution in [3.8, 4) is 6.07 Å². The summed E-state index contributed by atoms with van der Waals surface area (Å²) in [6.07, 6.45) is 2.34. The Labute approximate surface area is 131 Å². The minimum Gasteiger partial charge on any atom is -0.382 e. The molecule has 0 radical (unpaired) electrons. The fourth-order valence-corrected chi connectivity index (χ4v) is 2.69. The van der Waals surface area contributed by atoms with Gasteiger partial charge in [-0.2, -0.15) is 5.26 Å². The number of benzene rings is 1. The molecule has 1 unspecified atom stereocenters. The molecule has 0 aliphatic rings. The molecular weight excluding hydrogens is 314 g/mol. The summed E-state index contributed by atoms with van der Waals surface area (Å²) in [5.74, 6) is 0. The Bertz CT molecular complexity index is 450. The molecule has 0 aliphatic heterocycles. The number of nitrogens with zero attached hydrogens (tertiary/aromatic N) is 2. The second kappa shape index (κ2) is 8.99. The van der Waals surface area contributed by atoms with E-state index >= 15 is 0 Å². The minimum absolute atomic E-state index is 0.426. The van der Waals surface area contributed by atoms with Gasteiger partial charge in [0.25, 0.3) is 0 Å². The van der Waals surface area contributed by atoms with Gasteiger partial charge < -0.3 is 10.2 Å². The first kappa shape index (κ1) is 17.0. The van der Waals surface area contributed by atoms with E-state index in [1.807, 2.05) is 18.2 Å². The van der Waals surface area contributed by atoms with Crippen molar-refractivity contribution < 1.29 is 0 Å². The second-order valence-corrected chi connectivity index (χ2v) is 5.88. The van der Waals surface area contributed by atoms with Gasteiger partial charge >= 0.3 is 0 Å². The van der Waals surface area contributed by atoms with Gasteiger partial charge in [0.05, 0.1) is 11.6 Å². The van der Waals surface area contributed by atoms with Crippen molar-refractivity contribution >= 4 is 21.6 Å². The first-order valence-electron chi connectivity index (χ1n) is 7.29. The van der Waals surface area contributed by atoms with E-state index < -0.39 is 0 Å². The lowest BCUT2D eigenvalue weighted by atomic mass is 10.1. The number of hydrogen-bond acceptors (Lipinski definition) is 3. The lowest BCUT2D eigenvalue weighted by Gasteiger charge is -2.20. The molecule has 1 atom stereocenters. The van der Waals surface area contributed by atoms with Crippen LogP contribution in [0.15, 0.2) is 22.7 Å². The smallest absolute Gasteiger partial charge is 0.0992 e. The van der Waals surface area contributed by atoms with Crippen LogP contribution in [0.2, 0.25) is 0 Å². The maximum Gasteiger partial charge on any atom is 0.0992 e. The third kappa shape index (κ3) is 5.52. The Morgan fingerprint density at radius 2 is 2.05 bits per heavy atom. The van der Waals surface area contributed by atoms with Crippen LogP contribution in [0.3, 0.4) is 0 Å². The highest BCUT2D eigenvalue weighted by Gasteiger charge is 2.07. The summed E-state index contributed by atoms with van der Waals surface area (Å²) in [6.45, 7) is 10.0. The zero-order chi connectivity index (χ0) is 15.0. The second-order valence-electron chi connectivity index (χ2n) is 5.02. The Morgan fingerprint density at radius 1 is 1.35 bits per heavy atom. The molecule has 3 nitrogen and oxygen atoms in total. The molecule has 4 heteroatoms. The van der Waals surface area contributed by atoms with E-state index in [0.717, 1.165) is 36.2 Å². The first-order valence-corrected chi connectivity index (χ1v) is 8.08. The highest BCUT2D eigenvalue weighted by molar-refractivity contribution is 9.10. The van der Waals surface area contributed by atoms with Crippen LogP contribution >= 0.6 is 15.9 Å². The highest BCUT2D eigenvalue weighted by Crippen LogP contribution is 2.24. The Balaban J connectivity index is 2.43. The van der Waals surface area contributed by atoms with Gasteiger partial charge in [0, 0.05) is 16.2 Å². The van der Waals surface area contributed by atoms with Crippen LogP contribution in [-0.2, 0) is 0 Å². The fraction of sp³-hybridized carbons (Fsp3) is 0.562. The average Bonchev–Trinajstić information content (AvgIpc) is 2.45. The summed E-state index contributed by atoms with van der Waals surface area (Å²) < 4.78 is 0.951. The van der Waals surface area contributed by atoms with Gasteiger partial charge in [-0.3, -0.25) is 0 Å². The normalized spacial score (nSPS) is 12.2. The molecule has 0 spiro atoms. The number of anilines is 1. The zero-order valence-corrected chi connectivity index (χ0v) is 14.2. The summed E-state index contributed by atoms with van der Waals surface area (Å²) >= 11 is 3.51. The molecule has 0 saturated heterocycles. The van der Waals surface area contributed by atoms with Crippen LogP contribution in [0, 0.1) is 11.3 Å². The highest BCUT2D eigenvalue weighted by atomic mass is 79.9. The predicted octanol–water partition coefficient (Wildman–Crippen LogP) is 4.24. The van der Waals surface area contributed by atoms with Gasteiger partial charge in [-0.25, -0.2) is 0 Å². The van der Waals surface area contributed by atoms with Gasteiger partial charge in [-0.1, -0.05) is 13.8 Å². The standard InChI is InChI=1S/C16H24BrN3/c1-4-20(5-2)10-6-7-13(3)19-16-9-8-14(12-18)11-15(16)17/h8-9,11,13,19H,4-7,10H2,1-3H3. The molecule has 110 valence electrons. The zero-order valence-electron chi connectivity index (χ0n) is 12.6. The maximum atomic E-state index is 8.85. The van der Waals surface area contributed by atoms with Crippen molar-refractivity contribution in [2.24, 2.45) is 0 Å². The molecule has 0 fully saturated rings. The first-order chi connectivity index (χ1) is 9.60. The predicted molar refractivity (Wildman–Crippen MR) is 89.0 cm³/mol. The van der Waals surface area contributed by atoms with E-state index in [0.29, 0.717) is 11.6 Å². The van der Waals surface area contributed by atoms with Crippen molar-refractivity contribution in [3.63, 3.8) is 0 Å². The molecule has 1 aromatic rings. The van der Waals surface area contributed by atoms with E-state index in [1.54, 1.807) is 0 Å². The fourth-order valence-electron chi connectivity index (χ4n) is 2.20. The summed E-state index contributed by atoms with van der Waals surface area (Å²) in [6, 6.07) is 8.23. The van der Waals surface area contributed by atoms with Gasteiger partial charge in [-0.05, 0) is 73.5 Å². The molecule has 1 N–H and O–H groups in total. The summed E-state index contributed by atoms with van der Waals surface area (Å²) in [5, 5.41) is 12.4. The Hall–Kier alpha value is -1.05. The Kier molecular flexibility index (Phi) is 7.64. The minimum atomic E-state index is 0.426. The molecule has 1 aromatic carbocycles. The van der Waals surface area contributed by atoms with Crippen LogP contribution in [0.5, 0.6) is 0 Å². The summed E-state index contributed by atoms with van der Waals surface area (Å²) in [7, 11) is 0. The summed E-state index contributed by atoms with van der Waals surface area (Å²) in [5.41, 5.74) is 1.73. The van der Waals surface area contributed by atoms with Crippen molar-refractivity contribution in [3.05, 3.63) is 28.2 Å². The van der Waals surface area contributed by atoms with E-state index in [2.05, 4.69) is 53.0 Å². The largest absolute Gasteiger partial charge is 0.382 e. The number of nitrogens with one attached hydrogen (secondary N) is 1. The third-order valence-electron chi connectivity index (χ3n) is 3.51. The maximum absolute atomic E-state index is 8.85. The number of hydrogen-bond donors (Lipinski definition) is 1. The number of halogens is 1. The van der Waals surface area contributed by atoms with E-state index in [4.69, 9.17) is 5.26 Å². The molecule has 0 saturated carbocycles. The van der Waals surface area contributed by atoms with Crippen LogP contribution < -0.4 is 5.32 Å². The SMILES string of the molecule is CCN(CC)CCCC(C)Nc1ccc(C#N)cc1Br. The third-order valence-corrected chi connectivity index (χ3v) is 4.16. The number of rotatable bonds is 8. The van der Waals surface area contributed by atoms with Crippen molar-refractivity contribution in [2.45, 2.75) is 39.7 Å². The van der Waals surface area contributed by atoms with Crippen LogP contribution in [-0.4, -0.2) is 30.6 Å². The van der Waals surface area contributed by atoms with Crippen LogP contribution in [0.1, 0.15) is 39.2 Å². The average molecular weight is 338 g/mol. The topological polar surface area (TPSA) is 39.1 Å². The van der Waals surface area contributed by atoms with E-state index in [1.165, 1.54) is 6.42 Å². The monoisotopic (exact) mass is 337 g/mol. The van der Waals surface area contributed by atoms with Gasteiger partial charge in [0.2, 0.25) is 0 Å². The molecule has 0 bridgehead atoms. The molecule has 20 heavy (non-hydrogen) atoms. The van der Waals surface area contributed by atoms with Gasteiger partial charge in [-0.15, -0.1) is 0 Å². The van der Waals surface area contributed by atoms with Crippen LogP contribution in [0.4, 0.5) is 5.69 Å². The lowest BCUT2D eigenvalue weighted by molar-refractivity contribution is 0.295. The Morgan fingerprint density at radius 3 is 2.60 bits per heavy atom. The number of nitriles is 1. The molecule has 0 amide bonds.